The first kappa shape index (κ1) is 15.2. The molecule has 7 nitrogen and oxygen atoms in total. The van der Waals surface area contributed by atoms with Gasteiger partial charge in [-0.15, -0.1) is 16.4 Å². The zero-order chi connectivity index (χ0) is 15.2. The van der Waals surface area contributed by atoms with Gasteiger partial charge in [-0.1, -0.05) is 11.3 Å². The monoisotopic (exact) mass is 308 g/mol. The molecular formula is C13H16N4O3S. The molecule has 0 aliphatic rings. The van der Waals surface area contributed by atoms with Crippen molar-refractivity contribution in [1.82, 2.24) is 20.3 Å². The fourth-order valence-electron chi connectivity index (χ4n) is 1.81. The van der Waals surface area contributed by atoms with Gasteiger partial charge in [0.1, 0.15) is 12.2 Å². The van der Waals surface area contributed by atoms with Crippen LogP contribution < -0.4 is 5.32 Å². The summed E-state index contributed by atoms with van der Waals surface area (Å²) in [5.74, 6) is -0.723. The standard InChI is InChI=1S/C13H16N4O3S/c1-3-14-10(18)8-17-12(9-6-5-7-21-9)11(15-16-17)13(19)20-4-2/h5-7H,3-4,8H2,1-2H3,(H,14,18). The van der Waals surface area contributed by atoms with E-state index in [4.69, 9.17) is 4.74 Å². The molecule has 0 fully saturated rings. The molecule has 0 spiro atoms. The number of thiophene rings is 1. The zero-order valence-electron chi connectivity index (χ0n) is 11.8. The number of likely N-dealkylation sites (N-methyl/N-ethyl adjacent to an activating group) is 1. The van der Waals surface area contributed by atoms with Crippen molar-refractivity contribution in [3.05, 3.63) is 23.2 Å². The number of hydrogen-bond donors (Lipinski definition) is 1. The van der Waals surface area contributed by atoms with E-state index < -0.39 is 5.97 Å². The Labute approximate surface area is 125 Å². The zero-order valence-corrected chi connectivity index (χ0v) is 12.6. The molecular weight excluding hydrogens is 292 g/mol. The summed E-state index contributed by atoms with van der Waals surface area (Å²) in [6.45, 7) is 4.36. The van der Waals surface area contributed by atoms with Crippen LogP contribution in [0.1, 0.15) is 24.3 Å². The summed E-state index contributed by atoms with van der Waals surface area (Å²) in [6.07, 6.45) is 0. The van der Waals surface area contributed by atoms with E-state index in [0.717, 1.165) is 4.88 Å². The lowest BCUT2D eigenvalue weighted by molar-refractivity contribution is -0.121. The van der Waals surface area contributed by atoms with Gasteiger partial charge < -0.3 is 10.1 Å². The first-order valence-corrected chi connectivity index (χ1v) is 7.46. The molecule has 0 bridgehead atoms. The highest BCUT2D eigenvalue weighted by Gasteiger charge is 2.23. The second-order valence-corrected chi connectivity index (χ2v) is 5.04. The van der Waals surface area contributed by atoms with E-state index in [9.17, 15) is 9.59 Å². The van der Waals surface area contributed by atoms with Crippen molar-refractivity contribution in [2.75, 3.05) is 13.2 Å². The van der Waals surface area contributed by atoms with Gasteiger partial charge in [0.05, 0.1) is 11.5 Å². The lowest BCUT2D eigenvalue weighted by Gasteiger charge is -2.06. The molecule has 1 N–H and O–H groups in total. The third kappa shape index (κ3) is 3.46. The maximum Gasteiger partial charge on any atom is 0.361 e. The van der Waals surface area contributed by atoms with Crippen LogP contribution in [0.5, 0.6) is 0 Å². The minimum Gasteiger partial charge on any atom is -0.461 e. The molecule has 21 heavy (non-hydrogen) atoms. The van der Waals surface area contributed by atoms with E-state index in [1.54, 1.807) is 6.92 Å². The molecule has 8 heteroatoms. The molecule has 0 aromatic carbocycles. The number of hydrogen-bond acceptors (Lipinski definition) is 6. The van der Waals surface area contributed by atoms with Crippen LogP contribution in [0, 0.1) is 0 Å². The van der Waals surface area contributed by atoms with Crippen LogP contribution >= 0.6 is 11.3 Å². The summed E-state index contributed by atoms with van der Waals surface area (Å²) in [4.78, 5) is 24.5. The van der Waals surface area contributed by atoms with Crippen molar-refractivity contribution in [2.24, 2.45) is 0 Å². The van der Waals surface area contributed by atoms with Crippen molar-refractivity contribution < 1.29 is 14.3 Å². The van der Waals surface area contributed by atoms with Gasteiger partial charge in [0.2, 0.25) is 5.91 Å². The van der Waals surface area contributed by atoms with Crippen LogP contribution in [-0.4, -0.2) is 40.0 Å². The van der Waals surface area contributed by atoms with Crippen molar-refractivity contribution >= 4 is 23.2 Å². The van der Waals surface area contributed by atoms with E-state index >= 15 is 0 Å². The van der Waals surface area contributed by atoms with Gasteiger partial charge in [-0.2, -0.15) is 0 Å². The van der Waals surface area contributed by atoms with Gasteiger partial charge in [0, 0.05) is 6.54 Å². The second kappa shape index (κ2) is 6.98. The third-order valence-electron chi connectivity index (χ3n) is 2.63. The maximum absolute atomic E-state index is 12.0. The third-order valence-corrected chi connectivity index (χ3v) is 3.50. The highest BCUT2D eigenvalue weighted by molar-refractivity contribution is 7.13. The van der Waals surface area contributed by atoms with Crippen molar-refractivity contribution in [3.8, 4) is 10.6 Å². The van der Waals surface area contributed by atoms with Gasteiger partial charge in [0.15, 0.2) is 5.69 Å². The van der Waals surface area contributed by atoms with Crippen LogP contribution in [0.3, 0.4) is 0 Å². The minimum atomic E-state index is -0.539. The van der Waals surface area contributed by atoms with Gasteiger partial charge >= 0.3 is 5.97 Å². The second-order valence-electron chi connectivity index (χ2n) is 4.10. The Morgan fingerprint density at radius 3 is 2.86 bits per heavy atom. The molecule has 0 aliphatic carbocycles. The number of aromatic nitrogens is 3. The number of esters is 1. The minimum absolute atomic E-state index is 0.00742. The van der Waals surface area contributed by atoms with Gasteiger partial charge in [0.25, 0.3) is 0 Å². The molecule has 0 atom stereocenters. The number of nitrogens with one attached hydrogen (secondary N) is 1. The first-order valence-electron chi connectivity index (χ1n) is 6.58. The van der Waals surface area contributed by atoms with E-state index in [1.165, 1.54) is 16.0 Å². The smallest absolute Gasteiger partial charge is 0.361 e. The largest absolute Gasteiger partial charge is 0.461 e. The van der Waals surface area contributed by atoms with Crippen LogP contribution in [0.15, 0.2) is 17.5 Å². The molecule has 0 saturated carbocycles. The predicted octanol–water partition coefficient (Wildman–Crippen LogP) is 1.32. The molecule has 2 aromatic heterocycles. The fraction of sp³-hybridized carbons (Fsp3) is 0.385. The van der Waals surface area contributed by atoms with E-state index in [-0.39, 0.29) is 24.8 Å². The Bertz CT molecular complexity index is 621. The average molecular weight is 308 g/mol. The van der Waals surface area contributed by atoms with Gasteiger partial charge in [-0.25, -0.2) is 9.48 Å². The average Bonchev–Trinajstić information content (AvgIpc) is 3.07. The highest BCUT2D eigenvalue weighted by Crippen LogP contribution is 2.27. The summed E-state index contributed by atoms with van der Waals surface area (Å²) in [5, 5.41) is 12.4. The Morgan fingerprint density at radius 2 is 2.24 bits per heavy atom. The molecule has 2 aromatic rings. The molecule has 1 amide bonds. The van der Waals surface area contributed by atoms with Crippen molar-refractivity contribution in [2.45, 2.75) is 20.4 Å². The maximum atomic E-state index is 12.0. The molecule has 2 heterocycles. The van der Waals surface area contributed by atoms with Crippen LogP contribution in [0.2, 0.25) is 0 Å². The number of carbonyl (C=O) groups is 2. The fourth-order valence-corrected chi connectivity index (χ4v) is 2.58. The van der Waals surface area contributed by atoms with Gasteiger partial charge in [-0.05, 0) is 25.3 Å². The predicted molar refractivity (Wildman–Crippen MR) is 78.0 cm³/mol. The highest BCUT2D eigenvalue weighted by atomic mass is 32.1. The molecule has 112 valence electrons. The van der Waals surface area contributed by atoms with Crippen LogP contribution in [-0.2, 0) is 16.1 Å². The quantitative estimate of drug-likeness (QED) is 0.813. The summed E-state index contributed by atoms with van der Waals surface area (Å²) in [6, 6.07) is 3.71. The molecule has 0 aliphatic heterocycles. The van der Waals surface area contributed by atoms with E-state index in [0.29, 0.717) is 12.2 Å². The lowest BCUT2D eigenvalue weighted by Crippen LogP contribution is -2.27. The normalized spacial score (nSPS) is 10.4. The molecule has 2 rings (SSSR count). The number of ether oxygens (including phenoxy) is 1. The first-order chi connectivity index (χ1) is 10.2. The van der Waals surface area contributed by atoms with Crippen LogP contribution in [0.4, 0.5) is 0 Å². The lowest BCUT2D eigenvalue weighted by atomic mass is 10.2. The molecule has 0 unspecified atom stereocenters. The summed E-state index contributed by atoms with van der Waals surface area (Å²) in [5.41, 5.74) is 0.637. The van der Waals surface area contributed by atoms with E-state index in [1.807, 2.05) is 24.4 Å². The number of rotatable bonds is 6. The molecule has 0 saturated heterocycles. The SMILES string of the molecule is CCNC(=O)Cn1nnc(C(=O)OCC)c1-c1cccs1. The van der Waals surface area contributed by atoms with Crippen LogP contribution in [0.25, 0.3) is 10.6 Å². The Kier molecular flexibility index (Phi) is 5.04. The summed E-state index contributed by atoms with van der Waals surface area (Å²) < 4.78 is 6.40. The van der Waals surface area contributed by atoms with Crippen molar-refractivity contribution in [3.63, 3.8) is 0 Å². The topological polar surface area (TPSA) is 86.1 Å². The Hall–Kier alpha value is -2.22. The van der Waals surface area contributed by atoms with Crippen molar-refractivity contribution in [1.29, 1.82) is 0 Å². The van der Waals surface area contributed by atoms with Gasteiger partial charge in [-0.3, -0.25) is 4.79 Å². The Morgan fingerprint density at radius 1 is 1.43 bits per heavy atom. The summed E-state index contributed by atoms with van der Waals surface area (Å²) in [7, 11) is 0. The Balaban J connectivity index is 2.37. The molecule has 0 radical (unpaired) electrons. The number of carbonyl (C=O) groups excluding carboxylic acids is 2. The number of amides is 1. The number of nitrogens with zero attached hydrogens (tertiary/aromatic N) is 3. The van der Waals surface area contributed by atoms with E-state index in [2.05, 4.69) is 15.6 Å². The summed E-state index contributed by atoms with van der Waals surface area (Å²) >= 11 is 1.44.